The van der Waals surface area contributed by atoms with Gasteiger partial charge < -0.3 is 36.4 Å². The maximum atomic E-state index is 16.1. The largest absolute Gasteiger partial charge is 0.508 e. The molecule has 7 fully saturated rings. The minimum atomic E-state index is -0.872. The van der Waals surface area contributed by atoms with Gasteiger partial charge in [0.15, 0.2) is 5.78 Å². The Labute approximate surface area is 430 Å². The van der Waals surface area contributed by atoms with Gasteiger partial charge >= 0.3 is 0 Å². The molecule has 0 amide bonds. The smallest absolute Gasteiger partial charge is 0.160 e. The van der Waals surface area contributed by atoms with Gasteiger partial charge in [-0.1, -0.05) is 101 Å². The van der Waals surface area contributed by atoms with Crippen LogP contribution in [0.5, 0.6) is 5.75 Å². The highest BCUT2D eigenvalue weighted by Crippen LogP contribution is 2.79. The number of aliphatic hydroxyl groups is 2. The van der Waals surface area contributed by atoms with E-state index in [1.807, 2.05) is 32.2 Å². The number of nitrogens with two attached hydrogens (primary N) is 1. The Balaban J connectivity index is 0.968. The van der Waals surface area contributed by atoms with E-state index in [1.165, 1.54) is 30.4 Å². The monoisotopic (exact) mass is 982 g/mol. The van der Waals surface area contributed by atoms with Crippen LogP contribution in [-0.2, 0) is 20.9 Å². The average molecular weight is 982 g/mol. The van der Waals surface area contributed by atoms with Crippen molar-refractivity contribution < 1.29 is 29.6 Å². The number of Topliss-reactive ketones (excluding diaryl/α,β-unsaturated/α-hetero) is 2. The normalized spacial score (nSPS) is 46.0. The van der Waals surface area contributed by atoms with Gasteiger partial charge in [0, 0.05) is 42.1 Å². The second-order valence-electron chi connectivity index (χ2n) is 27.0. The highest BCUT2D eigenvalue weighted by Gasteiger charge is 2.76. The zero-order valence-electron chi connectivity index (χ0n) is 44.3. The Morgan fingerprint density at radius 1 is 0.903 bits per heavy atom. The van der Waals surface area contributed by atoms with E-state index in [-0.39, 0.29) is 57.8 Å². The van der Waals surface area contributed by atoms with Gasteiger partial charge in [0.2, 0.25) is 0 Å². The fourth-order valence-corrected chi connectivity index (χ4v) is 20.6. The van der Waals surface area contributed by atoms with E-state index in [0.29, 0.717) is 67.6 Å². The molecule has 72 heavy (non-hydrogen) atoms. The molecule has 7 N–H and O–H groups in total. The summed E-state index contributed by atoms with van der Waals surface area (Å²) in [6.45, 7) is 10.4. The van der Waals surface area contributed by atoms with Gasteiger partial charge in [0.25, 0.3) is 0 Å². The zero-order chi connectivity index (χ0) is 50.2. The molecule has 2 saturated heterocycles. The summed E-state index contributed by atoms with van der Waals surface area (Å²) in [5, 5.41) is 43.5. The van der Waals surface area contributed by atoms with Gasteiger partial charge in [-0.2, -0.15) is 0 Å². The van der Waals surface area contributed by atoms with Crippen LogP contribution in [0.25, 0.3) is 0 Å². The molecule has 390 valence electrons. The standard InChI is InChI=1S/C63H87N3O6/c1-58(71)24-8-9-25-62-26-13-21-48(53(56(62)70)40-28-37(35-65-5)29-42(67)31-40)60(3)52-23-22-47-54-45(32-50(68)57-61(4,72-57)46-20-11-19-44(46)39-15-10-17-41(64)30-39)43-18-7-6-14-38(43)16-12-27-63(52,59(47,2)34-51(54)69)33-49(55(60)62)66-36-58/h10,13,15,17,21,28-31,38,43-46,48-50,52-53,55,57,65-68,71H,6-9,11-12,14,16,18-20,22-27,32-36,64H2,1-5H3. The molecule has 5 saturated carbocycles. The highest BCUT2D eigenvalue weighted by atomic mass is 16.6. The van der Waals surface area contributed by atoms with E-state index in [2.05, 4.69) is 67.8 Å². The third kappa shape index (κ3) is 7.43. The molecule has 2 aromatic rings. The number of phenols is 1. The Morgan fingerprint density at radius 3 is 2.53 bits per heavy atom. The summed E-state index contributed by atoms with van der Waals surface area (Å²) in [5.74, 6) is 2.21. The number of aliphatic hydroxyl groups excluding tert-OH is 1. The van der Waals surface area contributed by atoms with Crippen molar-refractivity contribution in [1.82, 2.24) is 10.6 Å². The second kappa shape index (κ2) is 17.9. The number of nitrogens with one attached hydrogen (secondary N) is 2. The summed E-state index contributed by atoms with van der Waals surface area (Å²) in [7, 11) is 1.93. The van der Waals surface area contributed by atoms with Crippen molar-refractivity contribution in [3.63, 3.8) is 0 Å². The van der Waals surface area contributed by atoms with Crippen LogP contribution >= 0.6 is 0 Å². The molecule has 9 heteroatoms. The summed E-state index contributed by atoms with van der Waals surface area (Å²) in [6.07, 6.45) is 23.0. The lowest BCUT2D eigenvalue weighted by Crippen LogP contribution is -2.73. The third-order valence-electron chi connectivity index (χ3n) is 23.4. The summed E-state index contributed by atoms with van der Waals surface area (Å²) in [4.78, 5) is 31.8. The SMILES string of the molecule is CNCc1cc(O)cc(C2C(=O)C34CC=CC2C2(C)C3C(CC35CCCC6CCCCC6C(CC(O)C6OC6(C)C6CCCC6c6cccc(N)c6)C6=C(CCC23)C5(C)CC6=O)NCC(C)(O)CCCC4)c1. The number of phenolic OH excluding ortho intramolecular Hbond substituents is 1. The highest BCUT2D eigenvalue weighted by molar-refractivity contribution is 6.01. The minimum absolute atomic E-state index is 0.00321. The first-order chi connectivity index (χ1) is 34.5. The Morgan fingerprint density at radius 2 is 1.71 bits per heavy atom. The van der Waals surface area contributed by atoms with E-state index in [4.69, 9.17) is 10.5 Å². The predicted molar refractivity (Wildman–Crippen MR) is 283 cm³/mol. The van der Waals surface area contributed by atoms with Gasteiger partial charge in [0.05, 0.1) is 23.2 Å². The molecule has 2 aromatic carbocycles. The third-order valence-corrected chi connectivity index (χ3v) is 23.4. The number of aromatic hydroxyl groups is 1. The van der Waals surface area contributed by atoms with Gasteiger partial charge in [-0.15, -0.1) is 0 Å². The first-order valence-corrected chi connectivity index (χ1v) is 29.1. The maximum Gasteiger partial charge on any atom is 0.160 e. The fourth-order valence-electron chi connectivity index (χ4n) is 20.6. The fraction of sp³-hybridized carbons (Fsp3) is 0.714. The molecule has 9 nitrogen and oxygen atoms in total. The van der Waals surface area contributed by atoms with Crippen LogP contribution < -0.4 is 16.4 Å². The number of hydrogen-bond donors (Lipinski definition) is 6. The number of carbonyl (C=O) groups is 2. The van der Waals surface area contributed by atoms with Crippen molar-refractivity contribution in [2.45, 2.75) is 204 Å². The van der Waals surface area contributed by atoms with Crippen molar-refractivity contribution in [1.29, 1.82) is 0 Å². The molecule has 6 bridgehead atoms. The number of fused-ring (bicyclic) bond motifs is 3. The average Bonchev–Trinajstić information content (AvgIpc) is 3.74. The number of nitrogen functional groups attached to an aromatic ring is 1. The number of ether oxygens (including phenoxy) is 1. The quantitative estimate of drug-likeness (QED) is 0.0861. The first-order valence-electron chi connectivity index (χ1n) is 29.1. The lowest BCUT2D eigenvalue weighted by molar-refractivity contribution is -0.219. The van der Waals surface area contributed by atoms with Gasteiger partial charge in [-0.25, -0.2) is 0 Å². The lowest BCUT2D eigenvalue weighted by Gasteiger charge is -2.73. The summed E-state index contributed by atoms with van der Waals surface area (Å²) < 4.78 is 6.79. The van der Waals surface area contributed by atoms with Crippen LogP contribution in [0.15, 0.2) is 65.8 Å². The van der Waals surface area contributed by atoms with Crippen LogP contribution in [0.1, 0.15) is 185 Å². The molecule has 13 rings (SSSR count). The number of allylic oxidation sites excluding steroid dienone is 4. The van der Waals surface area contributed by atoms with Crippen molar-refractivity contribution in [2.75, 3.05) is 19.3 Å². The number of benzene rings is 2. The second-order valence-corrected chi connectivity index (χ2v) is 27.0. The molecule has 18 unspecified atom stereocenters. The molecule has 2 aliphatic heterocycles. The van der Waals surface area contributed by atoms with Gasteiger partial charge in [0.1, 0.15) is 17.6 Å². The van der Waals surface area contributed by atoms with Crippen molar-refractivity contribution in [3.05, 3.63) is 82.5 Å². The Hall–Kier alpha value is -3.34. The number of carbonyl (C=O) groups excluding carboxylic acids is 2. The lowest BCUT2D eigenvalue weighted by atomic mass is 9.31. The van der Waals surface area contributed by atoms with E-state index < -0.39 is 28.6 Å². The predicted octanol–water partition coefficient (Wildman–Crippen LogP) is 11.0. The van der Waals surface area contributed by atoms with Crippen molar-refractivity contribution >= 4 is 17.3 Å². The summed E-state index contributed by atoms with van der Waals surface area (Å²) in [5.41, 5.74) is 9.97. The summed E-state index contributed by atoms with van der Waals surface area (Å²) >= 11 is 0. The Bertz CT molecular complexity index is 2540. The Kier molecular flexibility index (Phi) is 12.3. The topological polar surface area (TPSA) is 157 Å². The number of ketones is 2. The molecule has 0 aromatic heterocycles. The van der Waals surface area contributed by atoms with Gasteiger partial charge in [-0.05, 0) is 196 Å². The van der Waals surface area contributed by atoms with E-state index in [9.17, 15) is 15.3 Å². The molecule has 2 spiro atoms. The molecular weight excluding hydrogens is 895 g/mol. The van der Waals surface area contributed by atoms with Crippen molar-refractivity contribution in [2.24, 2.45) is 63.1 Å². The maximum absolute atomic E-state index is 16.1. The van der Waals surface area contributed by atoms with E-state index >= 15 is 9.59 Å². The first kappa shape index (κ1) is 49.5. The molecule has 0 radical (unpaired) electrons. The van der Waals surface area contributed by atoms with Crippen LogP contribution in [0.3, 0.4) is 0 Å². The number of anilines is 1. The molecule has 2 heterocycles. The molecule has 9 aliphatic carbocycles. The molecular formula is C63H87N3O6. The van der Waals surface area contributed by atoms with E-state index in [0.717, 1.165) is 112 Å². The van der Waals surface area contributed by atoms with Crippen LogP contribution in [0.2, 0.25) is 0 Å². The minimum Gasteiger partial charge on any atom is -0.508 e. The number of β-amino-alcohol motifs (C(OH)–C–C–N with tert-alkyl or cyclic N) is 1. The molecule has 11 aliphatic rings. The van der Waals surface area contributed by atoms with Crippen LogP contribution in [-0.4, -0.2) is 69.9 Å². The summed E-state index contributed by atoms with van der Waals surface area (Å²) in [6, 6.07) is 14.3. The molecule has 18 atom stereocenters. The van der Waals surface area contributed by atoms with Crippen LogP contribution in [0.4, 0.5) is 5.69 Å². The number of rotatable bonds is 8. The zero-order valence-corrected chi connectivity index (χ0v) is 44.3. The van der Waals surface area contributed by atoms with E-state index in [1.54, 1.807) is 0 Å². The number of hydrogen-bond acceptors (Lipinski definition) is 9. The van der Waals surface area contributed by atoms with Crippen molar-refractivity contribution in [3.8, 4) is 5.75 Å². The number of epoxide rings is 1. The van der Waals surface area contributed by atoms with Gasteiger partial charge in [-0.3, -0.25) is 9.59 Å². The van der Waals surface area contributed by atoms with Crippen LogP contribution in [0, 0.1) is 63.1 Å².